The Balaban J connectivity index is 1.33. The van der Waals surface area contributed by atoms with Gasteiger partial charge in [0.15, 0.2) is 0 Å². The predicted molar refractivity (Wildman–Crippen MR) is 133 cm³/mol. The van der Waals surface area contributed by atoms with E-state index in [2.05, 4.69) is 15.0 Å². The van der Waals surface area contributed by atoms with Crippen molar-refractivity contribution in [3.05, 3.63) is 64.5 Å². The molecule has 3 aromatic heterocycles. The number of hydrogen-bond donors (Lipinski definition) is 1. The molecule has 1 saturated heterocycles. The molecule has 1 N–H and O–H groups in total. The van der Waals surface area contributed by atoms with E-state index in [9.17, 15) is 18.3 Å². The summed E-state index contributed by atoms with van der Waals surface area (Å²) in [5.41, 5.74) is 1.92. The van der Waals surface area contributed by atoms with Crippen molar-refractivity contribution < 1.29 is 18.3 Å². The molecule has 0 bridgehead atoms. The lowest BCUT2D eigenvalue weighted by Gasteiger charge is -2.33. The lowest BCUT2D eigenvalue weighted by atomic mass is 10.2. The maximum atomic E-state index is 13.3. The van der Waals surface area contributed by atoms with Gasteiger partial charge >= 0.3 is 0 Å². The number of aromatic hydroxyl groups is 1. The van der Waals surface area contributed by atoms with E-state index >= 15 is 0 Å². The molecular weight excluding hydrogens is 510 g/mol. The Kier molecular flexibility index (Phi) is 6.18. The fraction of sp³-hybridized carbons (Fsp3) is 0.217. The molecule has 0 atom stereocenters. The predicted octanol–water partition coefficient (Wildman–Crippen LogP) is 3.57. The number of amides is 1. The minimum Gasteiger partial charge on any atom is -0.506 e. The van der Waals surface area contributed by atoms with Gasteiger partial charge in [0.2, 0.25) is 10.0 Å². The van der Waals surface area contributed by atoms with Crippen LogP contribution >= 0.6 is 22.9 Å². The first-order valence-corrected chi connectivity index (χ1v) is 13.3. The van der Waals surface area contributed by atoms with Crippen LogP contribution in [-0.4, -0.2) is 69.8 Å². The van der Waals surface area contributed by atoms with E-state index in [0.717, 1.165) is 16.8 Å². The van der Waals surface area contributed by atoms with Crippen LogP contribution in [0.5, 0.6) is 5.75 Å². The van der Waals surface area contributed by atoms with Gasteiger partial charge in [0.25, 0.3) is 5.91 Å². The third-order valence-electron chi connectivity index (χ3n) is 5.83. The van der Waals surface area contributed by atoms with Gasteiger partial charge in [-0.3, -0.25) is 14.8 Å². The average Bonchev–Trinajstić information content (AvgIpc) is 3.25. The highest BCUT2D eigenvalue weighted by Crippen LogP contribution is 2.34. The first-order chi connectivity index (χ1) is 16.8. The highest BCUT2D eigenvalue weighted by atomic mass is 35.5. The van der Waals surface area contributed by atoms with Crippen molar-refractivity contribution in [1.82, 2.24) is 24.2 Å². The van der Waals surface area contributed by atoms with Gasteiger partial charge in [-0.2, -0.15) is 4.31 Å². The number of fused-ring (bicyclic) bond motifs is 1. The van der Waals surface area contributed by atoms with Crippen molar-refractivity contribution in [3.8, 4) is 16.3 Å². The Labute approximate surface area is 210 Å². The highest BCUT2D eigenvalue weighted by Gasteiger charge is 2.34. The number of carbonyl (C=O) groups excluding carboxylic acids is 1. The number of hydrogen-bond acceptors (Lipinski definition) is 8. The van der Waals surface area contributed by atoms with E-state index in [4.69, 9.17) is 11.6 Å². The van der Waals surface area contributed by atoms with Crippen LogP contribution in [0.15, 0.2) is 53.8 Å². The van der Waals surface area contributed by atoms with Crippen molar-refractivity contribution in [2.45, 2.75) is 11.8 Å². The molecule has 1 aliphatic rings. The maximum Gasteiger partial charge on any atom is 0.265 e. The lowest BCUT2D eigenvalue weighted by Crippen LogP contribution is -2.50. The molecule has 9 nitrogen and oxygen atoms in total. The first-order valence-electron chi connectivity index (χ1n) is 10.7. The summed E-state index contributed by atoms with van der Waals surface area (Å²) in [5.74, 6) is -0.543. The van der Waals surface area contributed by atoms with Crippen LogP contribution in [0.3, 0.4) is 0 Å². The van der Waals surface area contributed by atoms with E-state index in [-0.39, 0.29) is 42.7 Å². The Morgan fingerprint density at radius 3 is 2.54 bits per heavy atom. The number of rotatable bonds is 4. The standard InChI is InChI=1S/C23H20ClN5O4S2/c1-14-21(34-22(27-14)15-4-6-25-7-5-15)23(31)28-8-10-29(11-9-28)35(32,33)19-13-26-18-12-16(24)2-3-17(18)20(19)30/h2-7,12-13H,8-11H2,1H3,(H,26,30). The molecule has 0 spiro atoms. The first kappa shape index (κ1) is 23.6. The molecule has 4 heterocycles. The molecular formula is C23H20ClN5O4S2. The fourth-order valence-corrected chi connectivity index (χ4v) is 6.62. The SMILES string of the molecule is Cc1nc(-c2ccncc2)sc1C(=O)N1CCN(S(=O)(=O)c2cnc3cc(Cl)ccc3c2O)CC1. The van der Waals surface area contributed by atoms with Crippen LogP contribution < -0.4 is 0 Å². The quantitative estimate of drug-likeness (QED) is 0.429. The van der Waals surface area contributed by atoms with E-state index in [1.807, 2.05) is 12.1 Å². The van der Waals surface area contributed by atoms with E-state index in [1.54, 1.807) is 36.4 Å². The molecule has 0 radical (unpaired) electrons. The molecule has 0 unspecified atom stereocenters. The fourth-order valence-electron chi connectivity index (χ4n) is 3.95. The molecule has 4 aromatic rings. The summed E-state index contributed by atoms with van der Waals surface area (Å²) >= 11 is 7.27. The second kappa shape index (κ2) is 9.15. The van der Waals surface area contributed by atoms with Gasteiger partial charge in [0.05, 0.1) is 17.4 Å². The molecule has 0 saturated carbocycles. The van der Waals surface area contributed by atoms with Crippen LogP contribution in [-0.2, 0) is 10.0 Å². The topological polar surface area (TPSA) is 117 Å². The van der Waals surface area contributed by atoms with Crippen LogP contribution in [0.4, 0.5) is 0 Å². The summed E-state index contributed by atoms with van der Waals surface area (Å²) in [7, 11) is -4.01. The monoisotopic (exact) mass is 529 g/mol. The third-order valence-corrected chi connectivity index (χ3v) is 9.16. The smallest absolute Gasteiger partial charge is 0.265 e. The van der Waals surface area contributed by atoms with Crippen molar-refractivity contribution in [2.75, 3.05) is 26.2 Å². The number of sulfonamides is 1. The zero-order chi connectivity index (χ0) is 24.7. The lowest BCUT2D eigenvalue weighted by molar-refractivity contribution is 0.0701. The Morgan fingerprint density at radius 2 is 1.83 bits per heavy atom. The molecule has 5 rings (SSSR count). The Bertz CT molecular complexity index is 1530. The van der Waals surface area contributed by atoms with E-state index in [0.29, 0.717) is 26.5 Å². The van der Waals surface area contributed by atoms with Gasteiger partial charge in [-0.1, -0.05) is 11.6 Å². The Hall–Kier alpha value is -3.12. The minimum absolute atomic E-state index is 0.0984. The van der Waals surface area contributed by atoms with Crippen molar-refractivity contribution in [3.63, 3.8) is 0 Å². The van der Waals surface area contributed by atoms with Gasteiger partial charge in [-0.15, -0.1) is 11.3 Å². The van der Waals surface area contributed by atoms with Crippen LogP contribution in [0.2, 0.25) is 5.02 Å². The second-order valence-corrected chi connectivity index (χ2v) is 11.3. The van der Waals surface area contributed by atoms with Gasteiger partial charge in [-0.25, -0.2) is 13.4 Å². The number of pyridine rings is 2. The number of nitrogens with zero attached hydrogens (tertiary/aromatic N) is 5. The van der Waals surface area contributed by atoms with E-state index in [1.165, 1.54) is 21.7 Å². The van der Waals surface area contributed by atoms with Crippen molar-refractivity contribution >= 4 is 49.8 Å². The third kappa shape index (κ3) is 4.36. The molecule has 12 heteroatoms. The number of piperazine rings is 1. The van der Waals surface area contributed by atoms with Crippen LogP contribution in [0.1, 0.15) is 15.4 Å². The molecule has 1 amide bonds. The average molecular weight is 530 g/mol. The molecule has 1 fully saturated rings. The molecule has 0 aliphatic carbocycles. The van der Waals surface area contributed by atoms with Gasteiger partial charge in [0, 0.05) is 54.5 Å². The normalized spacial score (nSPS) is 15.0. The number of thiazole rings is 1. The van der Waals surface area contributed by atoms with Crippen molar-refractivity contribution in [1.29, 1.82) is 0 Å². The number of carbonyl (C=O) groups is 1. The summed E-state index contributed by atoms with van der Waals surface area (Å²) in [6.07, 6.45) is 4.48. The summed E-state index contributed by atoms with van der Waals surface area (Å²) in [6.45, 7) is 2.43. The second-order valence-electron chi connectivity index (χ2n) is 8.00. The maximum absolute atomic E-state index is 13.3. The van der Waals surface area contributed by atoms with Crippen LogP contribution in [0.25, 0.3) is 21.5 Å². The largest absolute Gasteiger partial charge is 0.506 e. The molecule has 35 heavy (non-hydrogen) atoms. The Morgan fingerprint density at radius 1 is 1.11 bits per heavy atom. The van der Waals surface area contributed by atoms with Gasteiger partial charge in [0.1, 0.15) is 20.5 Å². The zero-order valence-electron chi connectivity index (χ0n) is 18.5. The zero-order valence-corrected chi connectivity index (χ0v) is 20.9. The summed E-state index contributed by atoms with van der Waals surface area (Å²) in [5, 5.41) is 12.1. The molecule has 1 aliphatic heterocycles. The molecule has 1 aromatic carbocycles. The van der Waals surface area contributed by atoms with Crippen LogP contribution in [0, 0.1) is 6.92 Å². The summed E-state index contributed by atoms with van der Waals surface area (Å²) < 4.78 is 27.8. The number of aromatic nitrogens is 3. The minimum atomic E-state index is -4.01. The van der Waals surface area contributed by atoms with Gasteiger partial charge < -0.3 is 10.0 Å². The number of halogens is 1. The molecule has 180 valence electrons. The summed E-state index contributed by atoms with van der Waals surface area (Å²) in [4.78, 5) is 27.8. The van der Waals surface area contributed by atoms with E-state index < -0.39 is 10.0 Å². The number of benzene rings is 1. The van der Waals surface area contributed by atoms with Crippen molar-refractivity contribution in [2.24, 2.45) is 0 Å². The number of aryl methyl sites for hydroxylation is 1. The van der Waals surface area contributed by atoms with Gasteiger partial charge in [-0.05, 0) is 37.3 Å². The highest BCUT2D eigenvalue weighted by molar-refractivity contribution is 7.89. The summed E-state index contributed by atoms with van der Waals surface area (Å²) in [6, 6.07) is 8.32.